The number of carboxylic acids is 1. The van der Waals surface area contributed by atoms with E-state index in [0.29, 0.717) is 40.3 Å². The molecule has 0 bridgehead atoms. The van der Waals surface area contributed by atoms with Gasteiger partial charge in [0.1, 0.15) is 12.1 Å². The molecule has 40 heavy (non-hydrogen) atoms. The first kappa shape index (κ1) is 29.9. The number of benzene rings is 1. The summed E-state index contributed by atoms with van der Waals surface area (Å²) >= 11 is 14.1. The second-order valence-corrected chi connectivity index (χ2v) is 11.1. The van der Waals surface area contributed by atoms with Crippen molar-refractivity contribution in [1.82, 2.24) is 15.2 Å². The van der Waals surface area contributed by atoms with Crippen molar-refractivity contribution in [3.8, 4) is 0 Å². The van der Waals surface area contributed by atoms with Crippen molar-refractivity contribution in [2.45, 2.75) is 45.1 Å². The molecule has 0 saturated carbocycles. The third-order valence-corrected chi connectivity index (χ3v) is 7.43. The quantitative estimate of drug-likeness (QED) is 0.405. The summed E-state index contributed by atoms with van der Waals surface area (Å²) in [7, 11) is 0. The number of aromatic nitrogens is 1. The zero-order chi connectivity index (χ0) is 29.0. The largest absolute Gasteiger partial charge is 0.480 e. The molecule has 0 aliphatic carbocycles. The number of carboxylic acid groups (broad SMARTS) is 1. The topological polar surface area (TPSA) is 140 Å². The second kappa shape index (κ2) is 13.1. The average Bonchev–Trinajstić information content (AvgIpc) is 3.43. The summed E-state index contributed by atoms with van der Waals surface area (Å²) < 4.78 is 16.1. The summed E-state index contributed by atoms with van der Waals surface area (Å²) in [6.07, 6.45) is -0.00358. The van der Waals surface area contributed by atoms with Crippen molar-refractivity contribution in [2.75, 3.05) is 26.3 Å². The Morgan fingerprint density at radius 2 is 2.02 bits per heavy atom. The summed E-state index contributed by atoms with van der Waals surface area (Å²) in [6, 6.07) is 2.88. The first-order chi connectivity index (χ1) is 19.0. The molecular weight excluding hydrogens is 583 g/mol. The Morgan fingerprint density at radius 1 is 1.25 bits per heavy atom. The lowest BCUT2D eigenvalue weighted by Crippen LogP contribution is -2.52. The molecule has 0 spiro atoms. The number of hydrogen-bond acceptors (Lipinski definition) is 11. The predicted octanol–water partition coefficient (Wildman–Crippen LogP) is 3.46. The van der Waals surface area contributed by atoms with Gasteiger partial charge in [0, 0.05) is 46.0 Å². The van der Waals surface area contributed by atoms with E-state index in [2.05, 4.69) is 10.3 Å². The molecule has 1 fully saturated rings. The van der Waals surface area contributed by atoms with Crippen LogP contribution >= 0.6 is 34.5 Å². The third kappa shape index (κ3) is 6.99. The molecule has 0 radical (unpaired) electrons. The van der Waals surface area contributed by atoms with Gasteiger partial charge in [0.2, 0.25) is 0 Å². The van der Waals surface area contributed by atoms with Gasteiger partial charge in [0.05, 0.1) is 24.9 Å². The molecule has 11 nitrogen and oxygen atoms in total. The summed E-state index contributed by atoms with van der Waals surface area (Å²) in [5.74, 6) is -2.24. The molecule has 3 heterocycles. The Morgan fingerprint density at radius 3 is 2.67 bits per heavy atom. The van der Waals surface area contributed by atoms with E-state index in [0.717, 1.165) is 0 Å². The first-order valence-electron chi connectivity index (χ1n) is 12.4. The molecule has 2 aliphatic rings. The van der Waals surface area contributed by atoms with Gasteiger partial charge >= 0.3 is 17.9 Å². The van der Waals surface area contributed by atoms with Gasteiger partial charge in [-0.25, -0.2) is 14.6 Å². The van der Waals surface area contributed by atoms with E-state index in [4.69, 9.17) is 42.4 Å². The highest BCUT2D eigenvalue weighted by atomic mass is 35.5. The third-order valence-electron chi connectivity index (χ3n) is 6.09. The van der Waals surface area contributed by atoms with E-state index in [1.807, 2.05) is 0 Å². The maximum absolute atomic E-state index is 13.8. The van der Waals surface area contributed by atoms with E-state index in [9.17, 15) is 19.5 Å². The van der Waals surface area contributed by atoms with Crippen LogP contribution in [0.15, 0.2) is 46.0 Å². The van der Waals surface area contributed by atoms with Crippen molar-refractivity contribution in [1.29, 1.82) is 0 Å². The van der Waals surface area contributed by atoms with Crippen LogP contribution in [-0.4, -0.2) is 83.3 Å². The molecule has 2 N–H and O–H groups in total. The highest BCUT2D eigenvalue weighted by Gasteiger charge is 2.38. The number of nitrogens with zero attached hydrogens (tertiary/aromatic N) is 3. The van der Waals surface area contributed by atoms with Crippen LogP contribution in [-0.2, 0) is 28.6 Å². The molecule has 14 heteroatoms. The summed E-state index contributed by atoms with van der Waals surface area (Å²) in [6.45, 7) is 5.41. The van der Waals surface area contributed by atoms with Crippen molar-refractivity contribution >= 4 is 58.3 Å². The Bertz CT molecular complexity index is 1330. The Labute approximate surface area is 244 Å². The van der Waals surface area contributed by atoms with Gasteiger partial charge in [0.25, 0.3) is 0 Å². The number of ether oxygens (including phenoxy) is 3. The van der Waals surface area contributed by atoms with Gasteiger partial charge in [-0.05, 0) is 32.9 Å². The zero-order valence-electron chi connectivity index (χ0n) is 21.9. The summed E-state index contributed by atoms with van der Waals surface area (Å²) in [5, 5.41) is 15.9. The number of thiazole rings is 1. The standard InChI is InChI=1S/C26H28Cl2N4O7S/c1-13(2)38-25(35)14(3)39-26(36)20-18(11-32-7-8-37-12-19(32)24(33)34)30-22(23-29-6-9-40-23)31-21(20)16-5-4-15(27)10-17(16)28/h4-6,9-10,13-14,19,21H,7-8,11-12H2,1-3H3,(H,30,31)(H,33,34)/t14?,19-,21-/m0/s1. The van der Waals surface area contributed by atoms with E-state index >= 15 is 0 Å². The fourth-order valence-electron chi connectivity index (χ4n) is 4.22. The van der Waals surface area contributed by atoms with E-state index < -0.39 is 42.2 Å². The molecule has 214 valence electrons. The van der Waals surface area contributed by atoms with Crippen molar-refractivity contribution in [3.05, 3.63) is 61.7 Å². The lowest BCUT2D eigenvalue weighted by Gasteiger charge is -2.35. The van der Waals surface area contributed by atoms with Crippen LogP contribution in [0.4, 0.5) is 0 Å². The predicted molar refractivity (Wildman–Crippen MR) is 149 cm³/mol. The monoisotopic (exact) mass is 610 g/mol. The Hall–Kier alpha value is -3.03. The van der Waals surface area contributed by atoms with Crippen LogP contribution in [0.5, 0.6) is 0 Å². The van der Waals surface area contributed by atoms with Crippen molar-refractivity contribution in [3.63, 3.8) is 0 Å². The maximum atomic E-state index is 13.8. The molecule has 1 aromatic heterocycles. The van der Waals surface area contributed by atoms with E-state index in [1.54, 1.807) is 42.5 Å². The van der Waals surface area contributed by atoms with Gasteiger partial charge < -0.3 is 24.6 Å². The number of aliphatic carboxylic acids is 1. The SMILES string of the molecule is CC(C)OC(=O)C(C)OC(=O)C1=C(CN2CCOC[C@H]2C(=O)O)NC(c2nccs2)=N[C@H]1c1ccc(Cl)cc1Cl. The van der Waals surface area contributed by atoms with Crippen LogP contribution < -0.4 is 5.32 Å². The molecule has 1 unspecified atom stereocenters. The van der Waals surface area contributed by atoms with Crippen LogP contribution in [0.25, 0.3) is 0 Å². The van der Waals surface area contributed by atoms with Crippen LogP contribution in [0.1, 0.15) is 37.4 Å². The number of amidine groups is 1. The number of hydrogen-bond donors (Lipinski definition) is 2. The fourth-order valence-corrected chi connectivity index (χ4v) is 5.32. The number of aliphatic imine (C=N–C) groups is 1. The van der Waals surface area contributed by atoms with Gasteiger partial charge in [-0.2, -0.15) is 0 Å². The van der Waals surface area contributed by atoms with Crippen molar-refractivity contribution < 1.29 is 33.7 Å². The molecule has 4 rings (SSSR count). The summed E-state index contributed by atoms with van der Waals surface area (Å²) in [4.78, 5) is 49.0. The Balaban J connectivity index is 1.81. The highest BCUT2D eigenvalue weighted by molar-refractivity contribution is 7.11. The number of nitrogens with one attached hydrogen (secondary N) is 1. The van der Waals surface area contributed by atoms with Gasteiger partial charge in [-0.15, -0.1) is 11.3 Å². The molecule has 2 aromatic rings. The summed E-state index contributed by atoms with van der Waals surface area (Å²) in [5.41, 5.74) is 0.850. The first-order valence-corrected chi connectivity index (χ1v) is 14.1. The molecule has 3 atom stereocenters. The fraction of sp³-hybridized carbons (Fsp3) is 0.423. The minimum absolute atomic E-state index is 0.0136. The zero-order valence-corrected chi connectivity index (χ0v) is 24.3. The molecule has 2 aliphatic heterocycles. The highest BCUT2D eigenvalue weighted by Crippen LogP contribution is 2.38. The Kier molecular flexibility index (Phi) is 9.80. The molecule has 0 amide bonds. The number of esters is 2. The van der Waals surface area contributed by atoms with E-state index in [1.165, 1.54) is 24.3 Å². The molecule has 1 saturated heterocycles. The normalized spacial score (nSPS) is 20.5. The van der Waals surface area contributed by atoms with Crippen LogP contribution in [0, 0.1) is 0 Å². The number of halogens is 2. The lowest BCUT2D eigenvalue weighted by molar-refractivity contribution is -0.167. The van der Waals surface area contributed by atoms with Crippen molar-refractivity contribution in [2.24, 2.45) is 4.99 Å². The smallest absolute Gasteiger partial charge is 0.347 e. The van der Waals surface area contributed by atoms with Gasteiger partial charge in [0.15, 0.2) is 16.9 Å². The van der Waals surface area contributed by atoms with Gasteiger partial charge in [-0.3, -0.25) is 14.7 Å². The maximum Gasteiger partial charge on any atom is 0.347 e. The van der Waals surface area contributed by atoms with Crippen LogP contribution in [0.2, 0.25) is 10.0 Å². The number of rotatable bonds is 9. The number of carbonyl (C=O) groups is 3. The average molecular weight is 612 g/mol. The van der Waals surface area contributed by atoms with E-state index in [-0.39, 0.29) is 23.7 Å². The van der Waals surface area contributed by atoms with Crippen LogP contribution in [0.3, 0.4) is 0 Å². The second-order valence-electron chi connectivity index (χ2n) is 9.33. The minimum Gasteiger partial charge on any atom is -0.480 e. The minimum atomic E-state index is -1.22. The number of carbonyl (C=O) groups excluding carboxylic acids is 2. The molecular formula is C26H28Cl2N4O7S. The lowest BCUT2D eigenvalue weighted by atomic mass is 9.95. The number of morpholine rings is 1. The molecule has 1 aromatic carbocycles. The van der Waals surface area contributed by atoms with Gasteiger partial charge in [-0.1, -0.05) is 29.3 Å².